The summed E-state index contributed by atoms with van der Waals surface area (Å²) in [4.78, 5) is 12.7. The van der Waals surface area contributed by atoms with Crippen LogP contribution >= 0.6 is 0 Å². The van der Waals surface area contributed by atoms with Crippen molar-refractivity contribution in [3.63, 3.8) is 0 Å². The van der Waals surface area contributed by atoms with Gasteiger partial charge in [-0.1, -0.05) is 24.3 Å². The van der Waals surface area contributed by atoms with Gasteiger partial charge in [-0.15, -0.1) is 0 Å². The molecule has 4 saturated carbocycles. The van der Waals surface area contributed by atoms with Gasteiger partial charge in [0, 0.05) is 17.3 Å². The van der Waals surface area contributed by atoms with Gasteiger partial charge >= 0.3 is 6.03 Å². The molecule has 0 radical (unpaired) electrons. The monoisotopic (exact) mass is 362 g/mol. The zero-order chi connectivity index (χ0) is 18.3. The summed E-state index contributed by atoms with van der Waals surface area (Å²) in [6, 6.07) is 17.2. The highest BCUT2D eigenvalue weighted by Crippen LogP contribution is 2.55. The van der Waals surface area contributed by atoms with Gasteiger partial charge in [-0.05, 0) is 80.5 Å². The molecule has 2 N–H and O–H groups in total. The Bertz CT molecular complexity index is 798. The molecule has 140 valence electrons. The third-order valence-corrected chi connectivity index (χ3v) is 6.49. The van der Waals surface area contributed by atoms with Crippen LogP contribution in [0.2, 0.25) is 0 Å². The van der Waals surface area contributed by atoms with Crippen molar-refractivity contribution in [2.45, 2.75) is 44.1 Å². The van der Waals surface area contributed by atoms with E-state index in [0.29, 0.717) is 5.75 Å². The van der Waals surface area contributed by atoms with Gasteiger partial charge in [0.1, 0.15) is 11.5 Å². The van der Waals surface area contributed by atoms with Gasteiger partial charge < -0.3 is 15.4 Å². The number of amides is 2. The van der Waals surface area contributed by atoms with Crippen molar-refractivity contribution < 1.29 is 9.53 Å². The fourth-order valence-corrected chi connectivity index (χ4v) is 5.93. The van der Waals surface area contributed by atoms with Crippen LogP contribution in [0.15, 0.2) is 54.6 Å². The van der Waals surface area contributed by atoms with E-state index in [2.05, 4.69) is 10.6 Å². The van der Waals surface area contributed by atoms with Crippen LogP contribution in [-0.4, -0.2) is 11.6 Å². The maximum absolute atomic E-state index is 12.7. The van der Waals surface area contributed by atoms with Gasteiger partial charge in [-0.3, -0.25) is 0 Å². The lowest BCUT2D eigenvalue weighted by Crippen LogP contribution is -2.60. The van der Waals surface area contributed by atoms with Crippen LogP contribution in [-0.2, 0) is 0 Å². The van der Waals surface area contributed by atoms with Gasteiger partial charge in [0.2, 0.25) is 0 Å². The van der Waals surface area contributed by atoms with Crippen LogP contribution in [0.1, 0.15) is 38.5 Å². The van der Waals surface area contributed by atoms with Gasteiger partial charge in [0.25, 0.3) is 0 Å². The molecule has 4 aliphatic carbocycles. The molecular weight excluding hydrogens is 336 g/mol. The normalized spacial score (nSPS) is 30.7. The van der Waals surface area contributed by atoms with E-state index in [4.69, 9.17) is 4.74 Å². The first-order valence-electron chi connectivity index (χ1n) is 10.1. The summed E-state index contributed by atoms with van der Waals surface area (Å²) in [5.41, 5.74) is 0.780. The zero-order valence-corrected chi connectivity index (χ0v) is 15.5. The number of benzene rings is 2. The molecule has 4 fully saturated rings. The Kier molecular flexibility index (Phi) is 4.07. The molecule has 0 atom stereocenters. The summed E-state index contributed by atoms with van der Waals surface area (Å²) < 4.78 is 5.86. The van der Waals surface area contributed by atoms with E-state index in [1.54, 1.807) is 0 Å². The molecule has 4 nitrogen and oxygen atoms in total. The average Bonchev–Trinajstić information content (AvgIpc) is 2.61. The quantitative estimate of drug-likeness (QED) is 0.747. The first-order chi connectivity index (χ1) is 13.2. The van der Waals surface area contributed by atoms with E-state index < -0.39 is 0 Å². The van der Waals surface area contributed by atoms with Gasteiger partial charge in [-0.25, -0.2) is 4.79 Å². The SMILES string of the molecule is O=C(Nc1cccc(Oc2ccccc2)c1)NC12CC3CC(CC(C3)C1)C2. The molecule has 4 bridgehead atoms. The first kappa shape index (κ1) is 16.7. The predicted octanol–water partition coefficient (Wildman–Crippen LogP) is 5.57. The van der Waals surface area contributed by atoms with E-state index in [-0.39, 0.29) is 11.6 Å². The molecule has 0 aromatic heterocycles. The number of carbonyl (C=O) groups is 1. The van der Waals surface area contributed by atoms with Crippen molar-refractivity contribution in [1.82, 2.24) is 5.32 Å². The summed E-state index contributed by atoms with van der Waals surface area (Å²) in [5, 5.41) is 6.36. The fraction of sp³-hybridized carbons (Fsp3) is 0.435. The standard InChI is InChI=1S/C23H26N2O2/c26-22(25-23-13-16-9-17(14-23)11-18(10-16)15-23)24-19-5-4-8-21(12-19)27-20-6-2-1-3-7-20/h1-8,12,16-18H,9-11,13-15H2,(H2,24,25,26). The number of hydrogen-bond donors (Lipinski definition) is 2. The maximum atomic E-state index is 12.7. The van der Waals surface area contributed by atoms with Crippen LogP contribution < -0.4 is 15.4 Å². The number of rotatable bonds is 4. The third-order valence-electron chi connectivity index (χ3n) is 6.49. The highest BCUT2D eigenvalue weighted by molar-refractivity contribution is 5.90. The van der Waals surface area contributed by atoms with Crippen molar-refractivity contribution in [2.75, 3.05) is 5.32 Å². The molecule has 2 aromatic carbocycles. The highest BCUT2D eigenvalue weighted by Gasteiger charge is 2.51. The summed E-state index contributed by atoms with van der Waals surface area (Å²) in [6.07, 6.45) is 7.60. The maximum Gasteiger partial charge on any atom is 0.319 e. The number of hydrogen-bond acceptors (Lipinski definition) is 2. The number of nitrogens with one attached hydrogen (secondary N) is 2. The second-order valence-electron chi connectivity index (χ2n) is 8.72. The third kappa shape index (κ3) is 3.53. The first-order valence-corrected chi connectivity index (χ1v) is 10.1. The largest absolute Gasteiger partial charge is 0.457 e. The Morgan fingerprint density at radius 3 is 2.15 bits per heavy atom. The Morgan fingerprint density at radius 1 is 0.852 bits per heavy atom. The van der Waals surface area contributed by atoms with Crippen molar-refractivity contribution in [3.8, 4) is 11.5 Å². The van der Waals surface area contributed by atoms with Crippen molar-refractivity contribution in [1.29, 1.82) is 0 Å². The van der Waals surface area contributed by atoms with Crippen molar-refractivity contribution >= 4 is 11.7 Å². The Morgan fingerprint density at radius 2 is 1.48 bits per heavy atom. The molecule has 4 aliphatic rings. The number of ether oxygens (including phenoxy) is 1. The van der Waals surface area contributed by atoms with Crippen LogP contribution in [0.5, 0.6) is 11.5 Å². The number of para-hydroxylation sites is 1. The summed E-state index contributed by atoms with van der Waals surface area (Å²) in [6.45, 7) is 0. The number of urea groups is 1. The predicted molar refractivity (Wildman–Crippen MR) is 106 cm³/mol. The van der Waals surface area contributed by atoms with E-state index in [9.17, 15) is 4.79 Å². The summed E-state index contributed by atoms with van der Waals surface area (Å²) in [5.74, 6) is 3.96. The van der Waals surface area contributed by atoms with E-state index in [1.165, 1.54) is 19.3 Å². The Hall–Kier alpha value is -2.49. The fourth-order valence-electron chi connectivity index (χ4n) is 5.93. The Labute approximate surface area is 160 Å². The minimum Gasteiger partial charge on any atom is -0.457 e. The molecule has 2 amide bonds. The summed E-state index contributed by atoms with van der Waals surface area (Å²) in [7, 11) is 0. The molecule has 27 heavy (non-hydrogen) atoms. The molecule has 0 spiro atoms. The average molecular weight is 362 g/mol. The van der Waals surface area contributed by atoms with Gasteiger partial charge in [0.05, 0.1) is 0 Å². The van der Waals surface area contributed by atoms with Crippen LogP contribution in [0.25, 0.3) is 0 Å². The van der Waals surface area contributed by atoms with E-state index in [1.807, 2.05) is 54.6 Å². The minimum atomic E-state index is -0.0891. The number of anilines is 1. The van der Waals surface area contributed by atoms with Crippen LogP contribution in [0, 0.1) is 17.8 Å². The molecule has 4 heteroatoms. The second kappa shape index (κ2) is 6.59. The smallest absolute Gasteiger partial charge is 0.319 e. The molecular formula is C23H26N2O2. The topological polar surface area (TPSA) is 50.4 Å². The highest BCUT2D eigenvalue weighted by atomic mass is 16.5. The Balaban J connectivity index is 1.24. The van der Waals surface area contributed by atoms with Gasteiger partial charge in [0.15, 0.2) is 0 Å². The molecule has 2 aromatic rings. The van der Waals surface area contributed by atoms with Crippen molar-refractivity contribution in [2.24, 2.45) is 17.8 Å². The minimum absolute atomic E-state index is 0.0248. The lowest BCUT2D eigenvalue weighted by Gasteiger charge is -2.56. The summed E-state index contributed by atoms with van der Waals surface area (Å²) >= 11 is 0. The molecule has 0 heterocycles. The van der Waals surface area contributed by atoms with E-state index in [0.717, 1.165) is 48.5 Å². The zero-order valence-electron chi connectivity index (χ0n) is 15.5. The van der Waals surface area contributed by atoms with Crippen molar-refractivity contribution in [3.05, 3.63) is 54.6 Å². The molecule has 0 unspecified atom stereocenters. The number of carbonyl (C=O) groups excluding carboxylic acids is 1. The molecule has 0 aliphatic heterocycles. The van der Waals surface area contributed by atoms with Gasteiger partial charge in [-0.2, -0.15) is 0 Å². The van der Waals surface area contributed by atoms with Crippen LogP contribution in [0.3, 0.4) is 0 Å². The van der Waals surface area contributed by atoms with Crippen LogP contribution in [0.4, 0.5) is 10.5 Å². The molecule has 6 rings (SSSR count). The lowest BCUT2D eigenvalue weighted by atomic mass is 9.53. The molecule has 0 saturated heterocycles. The van der Waals surface area contributed by atoms with E-state index >= 15 is 0 Å². The second-order valence-corrected chi connectivity index (χ2v) is 8.72. The lowest BCUT2D eigenvalue weighted by molar-refractivity contribution is -0.0127.